The number of carbonyl (C=O) groups is 1. The Bertz CT molecular complexity index is 613. The van der Waals surface area contributed by atoms with E-state index >= 15 is 0 Å². The zero-order chi connectivity index (χ0) is 15.8. The molecule has 0 aliphatic carbocycles. The van der Waals surface area contributed by atoms with Gasteiger partial charge in [-0.05, 0) is 24.3 Å². The predicted octanol–water partition coefficient (Wildman–Crippen LogP) is 3.11. The van der Waals surface area contributed by atoms with Gasteiger partial charge < -0.3 is 19.5 Å². The molecule has 0 saturated heterocycles. The highest BCUT2D eigenvalue weighted by atomic mass is 16.5. The fraction of sp³-hybridized carbons (Fsp3) is 0.235. The lowest BCUT2D eigenvalue weighted by Crippen LogP contribution is -2.15. The molecular formula is C17H19NO4. The Morgan fingerprint density at radius 1 is 1.00 bits per heavy atom. The Hall–Kier alpha value is -2.69. The average molecular weight is 301 g/mol. The molecule has 0 fully saturated rings. The summed E-state index contributed by atoms with van der Waals surface area (Å²) in [5, 5.41) is 2.80. The number of rotatable bonds is 7. The number of carbonyl (C=O) groups excluding carboxylic acids is 1. The monoisotopic (exact) mass is 301 g/mol. The summed E-state index contributed by atoms with van der Waals surface area (Å²) in [5.41, 5.74) is 0.576. The first-order valence-electron chi connectivity index (χ1n) is 6.92. The van der Waals surface area contributed by atoms with E-state index in [1.165, 1.54) is 0 Å². The summed E-state index contributed by atoms with van der Waals surface area (Å²) in [4.78, 5) is 12.0. The number of nitrogens with one attached hydrogen (secondary N) is 1. The van der Waals surface area contributed by atoms with Crippen LogP contribution in [-0.2, 0) is 4.79 Å². The Morgan fingerprint density at radius 3 is 2.45 bits per heavy atom. The minimum atomic E-state index is -0.150. The Balaban J connectivity index is 1.89. The second-order valence-corrected chi connectivity index (χ2v) is 4.53. The molecule has 0 saturated carbocycles. The minimum Gasteiger partial charge on any atom is -0.497 e. The molecule has 0 aliphatic rings. The van der Waals surface area contributed by atoms with Gasteiger partial charge in [-0.1, -0.05) is 18.2 Å². The first kappa shape index (κ1) is 15.7. The van der Waals surface area contributed by atoms with Crippen LogP contribution in [0.4, 0.5) is 5.69 Å². The van der Waals surface area contributed by atoms with Crippen molar-refractivity contribution >= 4 is 11.6 Å². The van der Waals surface area contributed by atoms with Gasteiger partial charge in [0.15, 0.2) is 0 Å². The predicted molar refractivity (Wildman–Crippen MR) is 84.7 cm³/mol. The number of hydrogen-bond acceptors (Lipinski definition) is 4. The molecule has 2 aromatic carbocycles. The largest absolute Gasteiger partial charge is 0.497 e. The standard InChI is InChI=1S/C17H19NO4/c1-20-14-8-9-16(21-2)15(12-14)18-17(19)10-11-22-13-6-4-3-5-7-13/h3-9,12H,10-11H2,1-2H3,(H,18,19). The van der Waals surface area contributed by atoms with Gasteiger partial charge in [-0.15, -0.1) is 0 Å². The highest BCUT2D eigenvalue weighted by Crippen LogP contribution is 2.28. The van der Waals surface area contributed by atoms with Crippen molar-refractivity contribution in [2.45, 2.75) is 6.42 Å². The normalized spacial score (nSPS) is 9.91. The number of anilines is 1. The van der Waals surface area contributed by atoms with E-state index in [0.717, 1.165) is 5.75 Å². The molecule has 0 atom stereocenters. The van der Waals surface area contributed by atoms with E-state index in [4.69, 9.17) is 14.2 Å². The van der Waals surface area contributed by atoms with Crippen LogP contribution in [0.2, 0.25) is 0 Å². The van der Waals surface area contributed by atoms with Crippen molar-refractivity contribution in [3.8, 4) is 17.2 Å². The average Bonchev–Trinajstić information content (AvgIpc) is 2.55. The molecule has 0 spiro atoms. The summed E-state index contributed by atoms with van der Waals surface area (Å²) in [6.07, 6.45) is 0.245. The number of amides is 1. The number of para-hydroxylation sites is 1. The van der Waals surface area contributed by atoms with Gasteiger partial charge in [-0.2, -0.15) is 0 Å². The van der Waals surface area contributed by atoms with Gasteiger partial charge in [0.05, 0.1) is 32.9 Å². The van der Waals surface area contributed by atoms with Crippen LogP contribution in [0.3, 0.4) is 0 Å². The first-order chi connectivity index (χ1) is 10.7. The second kappa shape index (κ2) is 7.93. The van der Waals surface area contributed by atoms with E-state index in [2.05, 4.69) is 5.32 Å². The maximum atomic E-state index is 12.0. The Labute approximate surface area is 129 Å². The van der Waals surface area contributed by atoms with Crippen LogP contribution in [0.25, 0.3) is 0 Å². The molecule has 0 unspecified atom stereocenters. The van der Waals surface area contributed by atoms with Crippen LogP contribution in [0, 0.1) is 0 Å². The molecule has 2 rings (SSSR count). The molecule has 0 heterocycles. The van der Waals surface area contributed by atoms with Gasteiger partial charge in [-0.3, -0.25) is 4.79 Å². The van der Waals surface area contributed by atoms with Crippen molar-refractivity contribution in [1.82, 2.24) is 0 Å². The van der Waals surface area contributed by atoms with Crippen LogP contribution in [-0.4, -0.2) is 26.7 Å². The molecule has 0 aromatic heterocycles. The molecule has 116 valence electrons. The van der Waals surface area contributed by atoms with Crippen LogP contribution < -0.4 is 19.5 Å². The fourth-order valence-corrected chi connectivity index (χ4v) is 1.90. The number of methoxy groups -OCH3 is 2. The highest BCUT2D eigenvalue weighted by Gasteiger charge is 2.09. The van der Waals surface area contributed by atoms with Crippen molar-refractivity contribution in [2.24, 2.45) is 0 Å². The van der Waals surface area contributed by atoms with Crippen molar-refractivity contribution in [2.75, 3.05) is 26.1 Å². The van der Waals surface area contributed by atoms with Crippen molar-refractivity contribution in [3.63, 3.8) is 0 Å². The maximum absolute atomic E-state index is 12.0. The molecule has 1 N–H and O–H groups in total. The third-order valence-electron chi connectivity index (χ3n) is 3.02. The lowest BCUT2D eigenvalue weighted by molar-refractivity contribution is -0.116. The number of ether oxygens (including phenoxy) is 3. The number of benzene rings is 2. The zero-order valence-corrected chi connectivity index (χ0v) is 12.7. The highest BCUT2D eigenvalue weighted by molar-refractivity contribution is 5.92. The molecular weight excluding hydrogens is 282 g/mol. The molecule has 0 bridgehead atoms. The van der Waals surface area contributed by atoms with Crippen LogP contribution >= 0.6 is 0 Å². The van der Waals surface area contributed by atoms with Gasteiger partial charge in [0.1, 0.15) is 17.2 Å². The van der Waals surface area contributed by atoms with Gasteiger partial charge in [0.25, 0.3) is 0 Å². The first-order valence-corrected chi connectivity index (χ1v) is 6.92. The van der Waals surface area contributed by atoms with Crippen molar-refractivity contribution < 1.29 is 19.0 Å². The zero-order valence-electron chi connectivity index (χ0n) is 12.7. The SMILES string of the molecule is COc1ccc(OC)c(NC(=O)CCOc2ccccc2)c1. The summed E-state index contributed by atoms with van der Waals surface area (Å²) in [6.45, 7) is 0.308. The third-order valence-corrected chi connectivity index (χ3v) is 3.02. The molecule has 2 aromatic rings. The lowest BCUT2D eigenvalue weighted by atomic mass is 10.2. The summed E-state index contributed by atoms with van der Waals surface area (Å²) >= 11 is 0. The molecule has 22 heavy (non-hydrogen) atoms. The molecule has 1 amide bonds. The topological polar surface area (TPSA) is 56.8 Å². The van der Waals surface area contributed by atoms with Gasteiger partial charge >= 0.3 is 0 Å². The van der Waals surface area contributed by atoms with Gasteiger partial charge in [0.2, 0.25) is 5.91 Å². The second-order valence-electron chi connectivity index (χ2n) is 4.53. The van der Waals surface area contributed by atoms with Crippen molar-refractivity contribution in [1.29, 1.82) is 0 Å². The van der Waals surface area contributed by atoms with E-state index in [0.29, 0.717) is 23.8 Å². The molecule has 5 nitrogen and oxygen atoms in total. The van der Waals surface area contributed by atoms with Crippen LogP contribution in [0.5, 0.6) is 17.2 Å². The lowest BCUT2D eigenvalue weighted by Gasteiger charge is -2.12. The molecule has 0 radical (unpaired) electrons. The van der Waals surface area contributed by atoms with E-state index < -0.39 is 0 Å². The van der Waals surface area contributed by atoms with E-state index in [1.54, 1.807) is 32.4 Å². The third kappa shape index (κ3) is 4.41. The Morgan fingerprint density at radius 2 is 1.77 bits per heavy atom. The number of hydrogen-bond donors (Lipinski definition) is 1. The fourth-order valence-electron chi connectivity index (χ4n) is 1.90. The minimum absolute atomic E-state index is 0.150. The maximum Gasteiger partial charge on any atom is 0.227 e. The van der Waals surface area contributed by atoms with Crippen molar-refractivity contribution in [3.05, 3.63) is 48.5 Å². The summed E-state index contributed by atoms with van der Waals surface area (Å²) in [5.74, 6) is 1.83. The van der Waals surface area contributed by atoms with E-state index in [1.807, 2.05) is 30.3 Å². The Kier molecular flexibility index (Phi) is 5.65. The van der Waals surface area contributed by atoms with Gasteiger partial charge in [-0.25, -0.2) is 0 Å². The summed E-state index contributed by atoms with van der Waals surface area (Å²) < 4.78 is 15.9. The van der Waals surface area contributed by atoms with Crippen LogP contribution in [0.1, 0.15) is 6.42 Å². The van der Waals surface area contributed by atoms with Gasteiger partial charge in [0, 0.05) is 6.07 Å². The quantitative estimate of drug-likeness (QED) is 0.853. The van der Waals surface area contributed by atoms with Crippen LogP contribution in [0.15, 0.2) is 48.5 Å². The molecule has 5 heteroatoms. The molecule has 0 aliphatic heterocycles. The smallest absolute Gasteiger partial charge is 0.227 e. The summed E-state index contributed by atoms with van der Waals surface area (Å²) in [6, 6.07) is 14.6. The summed E-state index contributed by atoms with van der Waals surface area (Å²) in [7, 11) is 3.12. The van der Waals surface area contributed by atoms with E-state index in [9.17, 15) is 4.79 Å². The van der Waals surface area contributed by atoms with E-state index in [-0.39, 0.29) is 12.3 Å².